The average Bonchev–Trinajstić information content (AvgIpc) is 2.65. The van der Waals surface area contributed by atoms with Gasteiger partial charge >= 0.3 is 0 Å². The normalized spacial score (nSPS) is 14.0. The summed E-state index contributed by atoms with van der Waals surface area (Å²) < 4.78 is 24.8. The SMILES string of the molecule is Cc1cc(C)n([C@@H](C)C(=O)NCCS(=O)(=O)C(C)(C)C)n1. The molecule has 120 valence electrons. The van der Waals surface area contributed by atoms with Gasteiger partial charge in [-0.1, -0.05) is 0 Å². The van der Waals surface area contributed by atoms with E-state index < -0.39 is 20.6 Å². The van der Waals surface area contributed by atoms with Gasteiger partial charge in [0.15, 0.2) is 9.84 Å². The van der Waals surface area contributed by atoms with E-state index in [1.54, 1.807) is 32.4 Å². The lowest BCUT2D eigenvalue weighted by atomic mass is 10.3. The van der Waals surface area contributed by atoms with Gasteiger partial charge in [0.05, 0.1) is 16.2 Å². The topological polar surface area (TPSA) is 81.1 Å². The highest BCUT2D eigenvalue weighted by Gasteiger charge is 2.28. The zero-order valence-electron chi connectivity index (χ0n) is 13.6. The molecule has 1 atom stereocenters. The van der Waals surface area contributed by atoms with Crippen molar-refractivity contribution >= 4 is 15.7 Å². The summed E-state index contributed by atoms with van der Waals surface area (Å²) in [6.07, 6.45) is 0. The van der Waals surface area contributed by atoms with Gasteiger partial charge in [0.1, 0.15) is 6.04 Å². The molecular weight excluding hydrogens is 290 g/mol. The minimum absolute atomic E-state index is 0.0634. The number of aryl methyl sites for hydroxylation is 2. The van der Waals surface area contributed by atoms with Crippen molar-refractivity contribution in [3.63, 3.8) is 0 Å². The van der Waals surface area contributed by atoms with Gasteiger partial charge in [-0.25, -0.2) is 8.42 Å². The third-order valence-electron chi connectivity index (χ3n) is 3.39. The molecule has 0 aliphatic heterocycles. The quantitative estimate of drug-likeness (QED) is 0.890. The Morgan fingerprint density at radius 2 is 1.95 bits per heavy atom. The molecule has 7 heteroatoms. The van der Waals surface area contributed by atoms with Gasteiger partial charge in [-0.05, 0) is 47.6 Å². The lowest BCUT2D eigenvalue weighted by molar-refractivity contribution is -0.124. The molecule has 6 nitrogen and oxygen atoms in total. The van der Waals surface area contributed by atoms with Crippen molar-refractivity contribution in [1.29, 1.82) is 0 Å². The minimum Gasteiger partial charge on any atom is -0.353 e. The second kappa shape index (κ2) is 6.17. The predicted molar refractivity (Wildman–Crippen MR) is 83.0 cm³/mol. The van der Waals surface area contributed by atoms with E-state index in [4.69, 9.17) is 0 Å². The number of hydrogen-bond donors (Lipinski definition) is 1. The molecule has 1 heterocycles. The number of carbonyl (C=O) groups excluding carboxylic acids is 1. The molecule has 1 amide bonds. The first kappa shape index (κ1) is 17.7. The van der Waals surface area contributed by atoms with E-state index >= 15 is 0 Å². The number of nitrogens with one attached hydrogen (secondary N) is 1. The summed E-state index contributed by atoms with van der Waals surface area (Å²) >= 11 is 0. The monoisotopic (exact) mass is 315 g/mol. The average molecular weight is 315 g/mol. The fraction of sp³-hybridized carbons (Fsp3) is 0.714. The summed E-state index contributed by atoms with van der Waals surface area (Å²) in [4.78, 5) is 12.1. The van der Waals surface area contributed by atoms with Crippen LogP contribution in [0, 0.1) is 13.8 Å². The van der Waals surface area contributed by atoms with E-state index in [1.807, 2.05) is 19.9 Å². The van der Waals surface area contributed by atoms with Crippen LogP contribution < -0.4 is 5.32 Å². The number of rotatable bonds is 5. The van der Waals surface area contributed by atoms with E-state index in [-0.39, 0.29) is 18.2 Å². The number of nitrogens with zero attached hydrogens (tertiary/aromatic N) is 2. The molecule has 0 saturated carbocycles. The van der Waals surface area contributed by atoms with Crippen LogP contribution in [0.4, 0.5) is 0 Å². The summed E-state index contributed by atoms with van der Waals surface area (Å²) in [5, 5.41) is 6.93. The molecule has 1 aromatic rings. The first-order chi connectivity index (χ1) is 9.45. The molecule has 21 heavy (non-hydrogen) atoms. The van der Waals surface area contributed by atoms with Gasteiger partial charge in [-0.3, -0.25) is 9.48 Å². The Morgan fingerprint density at radius 1 is 1.38 bits per heavy atom. The second-order valence-electron chi connectivity index (χ2n) is 6.27. The molecule has 0 unspecified atom stereocenters. The number of hydrogen-bond acceptors (Lipinski definition) is 4. The maximum atomic E-state index is 12.1. The number of sulfone groups is 1. The molecule has 0 spiro atoms. The molecule has 0 aromatic carbocycles. The van der Waals surface area contributed by atoms with Crippen LogP contribution in [0.15, 0.2) is 6.07 Å². The van der Waals surface area contributed by atoms with Crippen molar-refractivity contribution in [3.8, 4) is 0 Å². The molecule has 0 bridgehead atoms. The fourth-order valence-electron chi connectivity index (χ4n) is 1.91. The van der Waals surface area contributed by atoms with Gasteiger partial charge in [-0.2, -0.15) is 5.10 Å². The Balaban J connectivity index is 2.61. The van der Waals surface area contributed by atoms with E-state index in [9.17, 15) is 13.2 Å². The Kier molecular flexibility index (Phi) is 5.20. The smallest absolute Gasteiger partial charge is 0.244 e. The third-order valence-corrected chi connectivity index (χ3v) is 6.00. The number of aromatic nitrogens is 2. The van der Waals surface area contributed by atoms with Crippen molar-refractivity contribution in [3.05, 3.63) is 17.5 Å². The third kappa shape index (κ3) is 4.30. The van der Waals surface area contributed by atoms with Gasteiger partial charge < -0.3 is 5.32 Å². The summed E-state index contributed by atoms with van der Waals surface area (Å²) in [5.74, 6) is -0.295. The minimum atomic E-state index is -3.22. The van der Waals surface area contributed by atoms with Crippen LogP contribution in [0.5, 0.6) is 0 Å². The highest BCUT2D eigenvalue weighted by atomic mass is 32.2. The molecule has 0 aliphatic carbocycles. The van der Waals surface area contributed by atoms with E-state index in [0.717, 1.165) is 11.4 Å². The van der Waals surface area contributed by atoms with Crippen molar-refractivity contribution in [2.24, 2.45) is 0 Å². The van der Waals surface area contributed by atoms with E-state index in [2.05, 4.69) is 10.4 Å². The largest absolute Gasteiger partial charge is 0.353 e. The van der Waals surface area contributed by atoms with E-state index in [1.165, 1.54) is 0 Å². The lowest BCUT2D eigenvalue weighted by Gasteiger charge is -2.20. The summed E-state index contributed by atoms with van der Waals surface area (Å²) in [5.41, 5.74) is 1.75. The Hall–Kier alpha value is -1.37. The zero-order valence-corrected chi connectivity index (χ0v) is 14.4. The first-order valence-corrected chi connectivity index (χ1v) is 8.63. The van der Waals surface area contributed by atoms with Crippen molar-refractivity contribution in [2.45, 2.75) is 52.3 Å². The predicted octanol–water partition coefficient (Wildman–Crippen LogP) is 1.39. The lowest BCUT2D eigenvalue weighted by Crippen LogP contribution is -2.38. The second-order valence-corrected chi connectivity index (χ2v) is 9.13. The number of carbonyl (C=O) groups is 1. The number of amides is 1. The maximum Gasteiger partial charge on any atom is 0.244 e. The Bertz CT molecular complexity index is 612. The van der Waals surface area contributed by atoms with Gasteiger partial charge in [0.25, 0.3) is 0 Å². The van der Waals surface area contributed by atoms with E-state index in [0.29, 0.717) is 0 Å². The molecule has 0 radical (unpaired) electrons. The Morgan fingerprint density at radius 3 is 2.38 bits per heavy atom. The van der Waals surface area contributed by atoms with Crippen LogP contribution in [-0.4, -0.2) is 41.2 Å². The molecule has 0 saturated heterocycles. The first-order valence-electron chi connectivity index (χ1n) is 6.98. The highest BCUT2D eigenvalue weighted by molar-refractivity contribution is 7.92. The van der Waals surface area contributed by atoms with Crippen molar-refractivity contribution in [2.75, 3.05) is 12.3 Å². The van der Waals surface area contributed by atoms with Crippen LogP contribution >= 0.6 is 0 Å². The fourth-order valence-corrected chi connectivity index (χ4v) is 2.89. The summed E-state index contributed by atoms with van der Waals surface area (Å²) in [6.45, 7) is 10.6. The zero-order chi connectivity index (χ0) is 16.4. The highest BCUT2D eigenvalue weighted by Crippen LogP contribution is 2.15. The van der Waals surface area contributed by atoms with Gasteiger partial charge in [-0.15, -0.1) is 0 Å². The molecular formula is C14H25N3O3S. The van der Waals surface area contributed by atoms with Gasteiger partial charge in [0.2, 0.25) is 5.91 Å². The van der Waals surface area contributed by atoms with Crippen molar-refractivity contribution in [1.82, 2.24) is 15.1 Å². The Labute approximate surface area is 126 Å². The van der Waals surface area contributed by atoms with Crippen LogP contribution in [0.25, 0.3) is 0 Å². The maximum absolute atomic E-state index is 12.1. The molecule has 0 aliphatic rings. The van der Waals surface area contributed by atoms with Crippen LogP contribution in [0.2, 0.25) is 0 Å². The summed E-state index contributed by atoms with van der Waals surface area (Å²) in [7, 11) is -3.22. The van der Waals surface area contributed by atoms with Crippen LogP contribution in [0.3, 0.4) is 0 Å². The summed E-state index contributed by atoms with van der Waals surface area (Å²) in [6, 6.07) is 1.43. The molecule has 1 rings (SSSR count). The molecule has 1 aromatic heterocycles. The molecule has 1 N–H and O–H groups in total. The van der Waals surface area contributed by atoms with Crippen LogP contribution in [-0.2, 0) is 14.6 Å². The standard InChI is InChI=1S/C14H25N3O3S/c1-10-9-11(2)17(16-10)12(3)13(18)15-7-8-21(19,20)14(4,5)6/h9,12H,7-8H2,1-6H3,(H,15,18)/t12-/m0/s1. The van der Waals surface area contributed by atoms with Gasteiger partial charge in [0, 0.05) is 12.2 Å². The van der Waals surface area contributed by atoms with Crippen molar-refractivity contribution < 1.29 is 13.2 Å². The molecule has 0 fully saturated rings. The van der Waals surface area contributed by atoms with Crippen LogP contribution in [0.1, 0.15) is 45.1 Å².